The first-order chi connectivity index (χ1) is 10.5. The minimum Gasteiger partial charge on any atom is -0.378 e. The van der Waals surface area contributed by atoms with Crippen LogP contribution in [0.15, 0.2) is 24.3 Å². The van der Waals surface area contributed by atoms with E-state index in [1.807, 2.05) is 14.1 Å². The molecule has 0 saturated carbocycles. The minimum absolute atomic E-state index is 0.0841. The van der Waals surface area contributed by atoms with Gasteiger partial charge in [-0.2, -0.15) is 0 Å². The van der Waals surface area contributed by atoms with Crippen molar-refractivity contribution in [2.24, 2.45) is 5.92 Å². The van der Waals surface area contributed by atoms with Crippen LogP contribution in [0.2, 0.25) is 0 Å². The van der Waals surface area contributed by atoms with Crippen LogP contribution in [0.3, 0.4) is 0 Å². The van der Waals surface area contributed by atoms with Crippen molar-refractivity contribution < 1.29 is 4.79 Å². The molecule has 22 heavy (non-hydrogen) atoms. The van der Waals surface area contributed by atoms with E-state index in [2.05, 4.69) is 59.2 Å². The Labute approximate surface area is 133 Å². The van der Waals surface area contributed by atoms with E-state index in [4.69, 9.17) is 0 Å². The highest BCUT2D eigenvalue weighted by molar-refractivity contribution is 5.82. The smallest absolute Gasteiger partial charge is 0.238 e. The summed E-state index contributed by atoms with van der Waals surface area (Å²) in [6, 6.07) is 8.68. The Kier molecular flexibility index (Phi) is 5.80. The van der Waals surface area contributed by atoms with Gasteiger partial charge in [-0.3, -0.25) is 10.2 Å². The molecule has 1 aliphatic heterocycles. The van der Waals surface area contributed by atoms with Gasteiger partial charge >= 0.3 is 0 Å². The monoisotopic (exact) mass is 304 g/mol. The van der Waals surface area contributed by atoms with Crippen LogP contribution >= 0.6 is 0 Å². The summed E-state index contributed by atoms with van der Waals surface area (Å²) < 4.78 is 0. The molecule has 0 radical (unpaired) electrons. The Bertz CT molecular complexity index is 486. The third-order valence-electron chi connectivity index (χ3n) is 4.47. The molecule has 1 saturated heterocycles. The molecule has 5 heteroatoms. The molecule has 1 fully saturated rings. The summed E-state index contributed by atoms with van der Waals surface area (Å²) in [6.45, 7) is 4.92. The lowest BCUT2D eigenvalue weighted by Gasteiger charge is -2.17. The number of nitrogens with zero attached hydrogens (tertiary/aromatic N) is 1. The Morgan fingerprint density at radius 1 is 1.23 bits per heavy atom. The molecule has 0 aliphatic carbocycles. The first kappa shape index (κ1) is 16.8. The molecule has 3 atom stereocenters. The fourth-order valence-electron chi connectivity index (χ4n) is 2.87. The molecular formula is C17H28N4O. The van der Waals surface area contributed by atoms with Crippen molar-refractivity contribution in [3.63, 3.8) is 0 Å². The lowest BCUT2D eigenvalue weighted by Crippen LogP contribution is -2.45. The average molecular weight is 304 g/mol. The number of nitrogens with one attached hydrogen (secondary N) is 3. The van der Waals surface area contributed by atoms with Crippen LogP contribution in [0, 0.1) is 5.92 Å². The average Bonchev–Trinajstić information content (AvgIpc) is 2.88. The number of hydrazine groups is 1. The summed E-state index contributed by atoms with van der Waals surface area (Å²) in [4.78, 5) is 14.3. The lowest BCUT2D eigenvalue weighted by molar-refractivity contribution is -0.123. The van der Waals surface area contributed by atoms with E-state index in [1.165, 1.54) is 11.3 Å². The molecule has 2 rings (SSSR count). The molecule has 1 heterocycles. The molecule has 3 unspecified atom stereocenters. The molecule has 3 N–H and O–H groups in total. The molecule has 0 spiro atoms. The third kappa shape index (κ3) is 3.99. The molecule has 0 bridgehead atoms. The second-order valence-electron chi connectivity index (χ2n) is 6.24. The Hall–Kier alpha value is -1.59. The van der Waals surface area contributed by atoms with E-state index in [0.29, 0.717) is 18.5 Å². The van der Waals surface area contributed by atoms with E-state index in [9.17, 15) is 4.79 Å². The standard InChI is InChI=1S/C17H28N4O/c1-5-15-12(2)16(20-19-15)17(22)18-11-10-13-6-8-14(9-7-13)21(3)4/h6-9,12,15-16,19-20H,5,10-11H2,1-4H3,(H,18,22). The summed E-state index contributed by atoms with van der Waals surface area (Å²) in [5.41, 5.74) is 8.73. The van der Waals surface area contributed by atoms with Gasteiger partial charge in [-0.25, -0.2) is 5.43 Å². The second-order valence-corrected chi connectivity index (χ2v) is 6.24. The molecule has 1 amide bonds. The maximum absolute atomic E-state index is 12.2. The van der Waals surface area contributed by atoms with Gasteiger partial charge in [0.25, 0.3) is 0 Å². The van der Waals surface area contributed by atoms with Crippen LogP contribution in [0.1, 0.15) is 25.8 Å². The number of amides is 1. The SMILES string of the molecule is CCC1NNC(C(=O)NCCc2ccc(N(C)C)cc2)C1C. The number of carbonyl (C=O) groups excluding carboxylic acids is 1. The van der Waals surface area contributed by atoms with Gasteiger partial charge in [-0.1, -0.05) is 26.0 Å². The molecular weight excluding hydrogens is 276 g/mol. The highest BCUT2D eigenvalue weighted by atomic mass is 16.2. The van der Waals surface area contributed by atoms with Crippen LogP contribution in [0.4, 0.5) is 5.69 Å². The van der Waals surface area contributed by atoms with Crippen molar-refractivity contribution in [1.29, 1.82) is 0 Å². The number of carbonyl (C=O) groups is 1. The van der Waals surface area contributed by atoms with Crippen molar-refractivity contribution in [1.82, 2.24) is 16.2 Å². The Morgan fingerprint density at radius 3 is 2.45 bits per heavy atom. The van der Waals surface area contributed by atoms with E-state index in [0.717, 1.165) is 12.8 Å². The van der Waals surface area contributed by atoms with Gasteiger partial charge in [-0.05, 0) is 36.5 Å². The Balaban J connectivity index is 1.77. The summed E-state index contributed by atoms with van der Waals surface area (Å²) in [5.74, 6) is 0.394. The normalized spacial score (nSPS) is 24.3. The van der Waals surface area contributed by atoms with Crippen LogP contribution in [0.25, 0.3) is 0 Å². The molecule has 1 aromatic rings. The first-order valence-corrected chi connectivity index (χ1v) is 8.08. The zero-order valence-electron chi connectivity index (χ0n) is 14.0. The third-order valence-corrected chi connectivity index (χ3v) is 4.47. The molecule has 1 aromatic carbocycles. The number of benzene rings is 1. The van der Waals surface area contributed by atoms with Gasteiger partial charge in [0.2, 0.25) is 5.91 Å². The highest BCUT2D eigenvalue weighted by Gasteiger charge is 2.35. The summed E-state index contributed by atoms with van der Waals surface area (Å²) >= 11 is 0. The highest BCUT2D eigenvalue weighted by Crippen LogP contribution is 2.17. The maximum atomic E-state index is 12.2. The van der Waals surface area contributed by atoms with E-state index < -0.39 is 0 Å². The van der Waals surface area contributed by atoms with Gasteiger partial charge in [0, 0.05) is 32.4 Å². The van der Waals surface area contributed by atoms with Crippen molar-refractivity contribution in [2.75, 3.05) is 25.5 Å². The predicted molar refractivity (Wildman–Crippen MR) is 90.8 cm³/mol. The molecule has 0 aromatic heterocycles. The first-order valence-electron chi connectivity index (χ1n) is 8.08. The van der Waals surface area contributed by atoms with E-state index in [1.54, 1.807) is 0 Å². The van der Waals surface area contributed by atoms with Gasteiger partial charge in [0.05, 0.1) is 0 Å². The topological polar surface area (TPSA) is 56.4 Å². The van der Waals surface area contributed by atoms with Crippen LogP contribution in [0.5, 0.6) is 0 Å². The summed E-state index contributed by atoms with van der Waals surface area (Å²) in [6.07, 6.45) is 1.88. The molecule has 5 nitrogen and oxygen atoms in total. The fourth-order valence-corrected chi connectivity index (χ4v) is 2.87. The minimum atomic E-state index is -0.138. The summed E-state index contributed by atoms with van der Waals surface area (Å²) in [5, 5.41) is 3.03. The van der Waals surface area contributed by atoms with Crippen LogP contribution < -0.4 is 21.1 Å². The van der Waals surface area contributed by atoms with Crippen molar-refractivity contribution in [2.45, 2.75) is 38.8 Å². The number of hydrogen-bond acceptors (Lipinski definition) is 4. The van der Waals surface area contributed by atoms with Gasteiger partial charge in [0.1, 0.15) is 6.04 Å². The maximum Gasteiger partial charge on any atom is 0.238 e. The van der Waals surface area contributed by atoms with Gasteiger partial charge in [0.15, 0.2) is 0 Å². The number of hydrogen-bond donors (Lipinski definition) is 3. The zero-order chi connectivity index (χ0) is 16.1. The van der Waals surface area contributed by atoms with Gasteiger partial charge in [-0.15, -0.1) is 0 Å². The molecule has 122 valence electrons. The van der Waals surface area contributed by atoms with Gasteiger partial charge < -0.3 is 10.2 Å². The van der Waals surface area contributed by atoms with E-state index >= 15 is 0 Å². The number of rotatable bonds is 6. The fraction of sp³-hybridized carbons (Fsp3) is 0.588. The van der Waals surface area contributed by atoms with Crippen molar-refractivity contribution in [3.8, 4) is 0 Å². The van der Waals surface area contributed by atoms with Crippen LogP contribution in [-0.4, -0.2) is 38.6 Å². The Morgan fingerprint density at radius 2 is 1.91 bits per heavy atom. The number of anilines is 1. The lowest BCUT2D eigenvalue weighted by atomic mass is 9.94. The predicted octanol–water partition coefficient (Wildman–Crippen LogP) is 1.30. The quantitative estimate of drug-likeness (QED) is 0.741. The zero-order valence-corrected chi connectivity index (χ0v) is 14.0. The van der Waals surface area contributed by atoms with E-state index in [-0.39, 0.29) is 11.9 Å². The van der Waals surface area contributed by atoms with Crippen LogP contribution in [-0.2, 0) is 11.2 Å². The molecule has 1 aliphatic rings. The van der Waals surface area contributed by atoms with Crippen molar-refractivity contribution >= 4 is 11.6 Å². The second kappa shape index (κ2) is 7.61. The van der Waals surface area contributed by atoms with Crippen molar-refractivity contribution in [3.05, 3.63) is 29.8 Å². The largest absolute Gasteiger partial charge is 0.378 e. The summed E-state index contributed by atoms with van der Waals surface area (Å²) in [7, 11) is 4.06.